The molecular weight excluding hydrogens is 314 g/mol. The Labute approximate surface area is 151 Å². The normalized spacial score (nSPS) is 19.5. The summed E-state index contributed by atoms with van der Waals surface area (Å²) in [7, 11) is 6.15. The number of para-hydroxylation sites is 1. The molecule has 1 atom stereocenters. The van der Waals surface area contributed by atoms with Crippen molar-refractivity contribution in [3.63, 3.8) is 0 Å². The van der Waals surface area contributed by atoms with E-state index in [0.29, 0.717) is 19.2 Å². The molecule has 1 unspecified atom stereocenters. The van der Waals surface area contributed by atoms with E-state index in [1.54, 1.807) is 13.1 Å². The highest BCUT2D eigenvalue weighted by Gasteiger charge is 2.22. The van der Waals surface area contributed by atoms with Gasteiger partial charge in [-0.1, -0.05) is 30.9 Å². The fourth-order valence-corrected chi connectivity index (χ4v) is 2.88. The molecule has 1 heterocycles. The summed E-state index contributed by atoms with van der Waals surface area (Å²) in [6.45, 7) is 9.03. The van der Waals surface area contributed by atoms with Gasteiger partial charge < -0.3 is 20.3 Å². The number of benzene rings is 1. The highest BCUT2D eigenvalue weighted by Crippen LogP contribution is 2.17. The Kier molecular flexibility index (Phi) is 7.76. The van der Waals surface area contributed by atoms with E-state index in [2.05, 4.69) is 52.2 Å². The zero-order valence-electron chi connectivity index (χ0n) is 15.7. The highest BCUT2D eigenvalue weighted by atomic mass is 16.5. The quantitative estimate of drug-likeness (QED) is 0.441. The fourth-order valence-electron chi connectivity index (χ4n) is 2.88. The van der Waals surface area contributed by atoms with Crippen molar-refractivity contribution in [3.05, 3.63) is 42.5 Å². The first-order valence-electron chi connectivity index (χ1n) is 8.79. The van der Waals surface area contributed by atoms with E-state index in [4.69, 9.17) is 4.74 Å². The number of aliphatic imine (C=N–C) groups is 1. The second-order valence-electron chi connectivity index (χ2n) is 6.41. The molecule has 138 valence electrons. The highest BCUT2D eigenvalue weighted by molar-refractivity contribution is 5.79. The SMILES string of the molecule is C=CCOc1ccccc1CNC(=NC)NCC1CN(C)CCN1C. The molecule has 6 heteroatoms. The molecule has 0 saturated carbocycles. The molecule has 1 aromatic carbocycles. The molecule has 1 aromatic rings. The minimum absolute atomic E-state index is 0.487. The lowest BCUT2D eigenvalue weighted by atomic mass is 10.2. The maximum Gasteiger partial charge on any atom is 0.191 e. The van der Waals surface area contributed by atoms with Crippen molar-refractivity contribution in [2.75, 3.05) is 53.9 Å². The van der Waals surface area contributed by atoms with Crippen molar-refractivity contribution in [1.29, 1.82) is 0 Å². The Balaban J connectivity index is 1.85. The Bertz CT molecular complexity index is 575. The number of guanidine groups is 1. The minimum Gasteiger partial charge on any atom is -0.489 e. The molecule has 0 radical (unpaired) electrons. The maximum atomic E-state index is 5.70. The summed E-state index contributed by atoms with van der Waals surface area (Å²) in [5.41, 5.74) is 1.10. The molecule has 0 aromatic heterocycles. The number of hydrogen-bond donors (Lipinski definition) is 2. The van der Waals surface area contributed by atoms with Crippen LogP contribution in [0.15, 0.2) is 41.9 Å². The van der Waals surface area contributed by atoms with Gasteiger partial charge in [0.2, 0.25) is 0 Å². The van der Waals surface area contributed by atoms with Crippen LogP contribution in [0.2, 0.25) is 0 Å². The van der Waals surface area contributed by atoms with E-state index in [9.17, 15) is 0 Å². The largest absolute Gasteiger partial charge is 0.489 e. The summed E-state index contributed by atoms with van der Waals surface area (Å²) in [6.07, 6.45) is 1.75. The Morgan fingerprint density at radius 3 is 2.88 bits per heavy atom. The summed E-state index contributed by atoms with van der Waals surface area (Å²) in [5, 5.41) is 6.81. The van der Waals surface area contributed by atoms with E-state index >= 15 is 0 Å². The second-order valence-corrected chi connectivity index (χ2v) is 6.41. The van der Waals surface area contributed by atoms with Crippen LogP contribution in [0, 0.1) is 0 Å². The topological polar surface area (TPSA) is 52.1 Å². The van der Waals surface area contributed by atoms with Gasteiger partial charge in [0.25, 0.3) is 0 Å². The molecule has 1 aliphatic rings. The zero-order chi connectivity index (χ0) is 18.1. The van der Waals surface area contributed by atoms with Crippen molar-refractivity contribution in [2.45, 2.75) is 12.6 Å². The van der Waals surface area contributed by atoms with Gasteiger partial charge in [-0.15, -0.1) is 0 Å². The van der Waals surface area contributed by atoms with Crippen molar-refractivity contribution in [3.8, 4) is 5.75 Å². The van der Waals surface area contributed by atoms with E-state index in [1.165, 1.54) is 0 Å². The van der Waals surface area contributed by atoms with Gasteiger partial charge in [0.15, 0.2) is 5.96 Å². The molecule has 0 amide bonds. The molecule has 2 N–H and O–H groups in total. The van der Waals surface area contributed by atoms with Gasteiger partial charge in [-0.3, -0.25) is 9.89 Å². The van der Waals surface area contributed by atoms with Crippen LogP contribution in [0.1, 0.15) is 5.56 Å². The van der Waals surface area contributed by atoms with Gasteiger partial charge in [-0.25, -0.2) is 0 Å². The van der Waals surface area contributed by atoms with E-state index in [1.807, 2.05) is 18.2 Å². The molecule has 0 bridgehead atoms. The van der Waals surface area contributed by atoms with Crippen LogP contribution in [0.25, 0.3) is 0 Å². The van der Waals surface area contributed by atoms with E-state index in [-0.39, 0.29) is 0 Å². The van der Waals surface area contributed by atoms with Gasteiger partial charge in [-0.2, -0.15) is 0 Å². The summed E-state index contributed by atoms with van der Waals surface area (Å²) in [5.74, 6) is 1.68. The van der Waals surface area contributed by atoms with Crippen molar-refractivity contribution in [1.82, 2.24) is 20.4 Å². The summed E-state index contributed by atoms with van der Waals surface area (Å²) in [4.78, 5) is 9.10. The average molecular weight is 345 g/mol. The van der Waals surface area contributed by atoms with Crippen LogP contribution in [0.5, 0.6) is 5.75 Å². The fraction of sp³-hybridized carbons (Fsp3) is 0.526. The Hall–Kier alpha value is -2.05. The third-order valence-electron chi connectivity index (χ3n) is 4.48. The lowest BCUT2D eigenvalue weighted by molar-refractivity contribution is 0.116. The van der Waals surface area contributed by atoms with Crippen LogP contribution in [0.3, 0.4) is 0 Å². The number of piperazine rings is 1. The molecule has 6 nitrogen and oxygen atoms in total. The number of ether oxygens (including phenoxy) is 1. The molecule has 0 spiro atoms. The summed E-state index contributed by atoms with van der Waals surface area (Å²) < 4.78 is 5.70. The number of nitrogens with one attached hydrogen (secondary N) is 2. The summed E-state index contributed by atoms with van der Waals surface area (Å²) in [6, 6.07) is 8.51. The zero-order valence-corrected chi connectivity index (χ0v) is 15.7. The standard InChI is InChI=1S/C19H31N5O/c1-5-12-25-18-9-7-6-8-16(18)13-21-19(20-2)22-14-17-15-23(3)10-11-24(17)4/h5-9,17H,1,10-15H2,2-4H3,(H2,20,21,22). The maximum absolute atomic E-state index is 5.70. The third kappa shape index (κ3) is 6.07. The monoisotopic (exact) mass is 345 g/mol. The average Bonchev–Trinajstić information content (AvgIpc) is 2.63. The lowest BCUT2D eigenvalue weighted by Crippen LogP contribution is -2.55. The van der Waals surface area contributed by atoms with Crippen molar-refractivity contribution < 1.29 is 4.74 Å². The molecule has 25 heavy (non-hydrogen) atoms. The van der Waals surface area contributed by atoms with Crippen LogP contribution >= 0.6 is 0 Å². The number of nitrogens with zero attached hydrogens (tertiary/aromatic N) is 3. The number of hydrogen-bond acceptors (Lipinski definition) is 4. The second kappa shape index (κ2) is 10.1. The van der Waals surface area contributed by atoms with Crippen LogP contribution < -0.4 is 15.4 Å². The first-order chi connectivity index (χ1) is 12.1. The molecule has 1 fully saturated rings. The first kappa shape index (κ1) is 19.3. The Morgan fingerprint density at radius 2 is 2.12 bits per heavy atom. The van der Waals surface area contributed by atoms with Gasteiger partial charge in [0.1, 0.15) is 12.4 Å². The Morgan fingerprint density at radius 1 is 1.32 bits per heavy atom. The third-order valence-corrected chi connectivity index (χ3v) is 4.48. The minimum atomic E-state index is 0.487. The number of rotatable bonds is 7. The van der Waals surface area contributed by atoms with Crippen molar-refractivity contribution >= 4 is 5.96 Å². The molecule has 0 aliphatic carbocycles. The van der Waals surface area contributed by atoms with Crippen LogP contribution in [-0.2, 0) is 6.54 Å². The molecule has 1 aliphatic heterocycles. The van der Waals surface area contributed by atoms with Gasteiger partial charge in [-0.05, 0) is 20.2 Å². The number of likely N-dealkylation sites (N-methyl/N-ethyl adjacent to an activating group) is 2. The molecule has 1 saturated heterocycles. The van der Waals surface area contributed by atoms with Gasteiger partial charge in [0.05, 0.1) is 0 Å². The smallest absolute Gasteiger partial charge is 0.191 e. The first-order valence-corrected chi connectivity index (χ1v) is 8.79. The predicted molar refractivity (Wildman–Crippen MR) is 104 cm³/mol. The predicted octanol–water partition coefficient (Wildman–Crippen LogP) is 1.16. The van der Waals surface area contributed by atoms with E-state index in [0.717, 1.165) is 43.5 Å². The van der Waals surface area contributed by atoms with Crippen molar-refractivity contribution in [2.24, 2.45) is 4.99 Å². The van der Waals surface area contributed by atoms with Gasteiger partial charge in [0, 0.05) is 51.4 Å². The lowest BCUT2D eigenvalue weighted by Gasteiger charge is -2.37. The molecule has 2 rings (SSSR count). The van der Waals surface area contributed by atoms with Crippen LogP contribution in [0.4, 0.5) is 0 Å². The van der Waals surface area contributed by atoms with Crippen LogP contribution in [-0.4, -0.2) is 75.7 Å². The van der Waals surface area contributed by atoms with E-state index < -0.39 is 0 Å². The molecular formula is C19H31N5O. The van der Waals surface area contributed by atoms with Gasteiger partial charge >= 0.3 is 0 Å². The summed E-state index contributed by atoms with van der Waals surface area (Å²) >= 11 is 0.